The summed E-state index contributed by atoms with van der Waals surface area (Å²) in [7, 11) is -3.10. The van der Waals surface area contributed by atoms with Crippen molar-refractivity contribution in [1.82, 2.24) is 0 Å². The molecule has 0 radical (unpaired) electrons. The molecule has 1 unspecified atom stereocenters. The second-order valence-corrected chi connectivity index (χ2v) is 7.13. The molecule has 0 aromatic heterocycles. The second-order valence-electron chi connectivity index (χ2n) is 4.54. The Labute approximate surface area is 114 Å². The van der Waals surface area contributed by atoms with Crippen LogP contribution in [0.15, 0.2) is 29.2 Å². The lowest BCUT2D eigenvalue weighted by Gasteiger charge is -2.25. The van der Waals surface area contributed by atoms with Crippen molar-refractivity contribution in [1.29, 1.82) is 0 Å². The van der Waals surface area contributed by atoms with Gasteiger partial charge in [-0.05, 0) is 37.1 Å². The lowest BCUT2D eigenvalue weighted by atomic mass is 10.2. The minimum Gasteiger partial charge on any atom is -0.367 e. The quantitative estimate of drug-likeness (QED) is 0.799. The summed E-state index contributed by atoms with van der Waals surface area (Å²) in [6.45, 7) is 2.66. The van der Waals surface area contributed by atoms with E-state index in [9.17, 15) is 8.42 Å². The number of hydrogen-bond donors (Lipinski definition) is 0. The highest BCUT2D eigenvalue weighted by Gasteiger charge is 2.24. The lowest BCUT2D eigenvalue weighted by molar-refractivity contribution is 0.597. The first kappa shape index (κ1) is 13.7. The van der Waals surface area contributed by atoms with Crippen molar-refractivity contribution in [3.63, 3.8) is 0 Å². The average molecular weight is 288 g/mol. The van der Waals surface area contributed by atoms with Crippen LogP contribution in [-0.2, 0) is 9.84 Å². The number of hydrogen-bond acceptors (Lipinski definition) is 3. The van der Waals surface area contributed by atoms with Gasteiger partial charge in [0.2, 0.25) is 0 Å². The molecule has 1 aliphatic rings. The van der Waals surface area contributed by atoms with E-state index in [4.69, 9.17) is 11.6 Å². The molecule has 1 atom stereocenters. The van der Waals surface area contributed by atoms with Gasteiger partial charge in [-0.2, -0.15) is 0 Å². The van der Waals surface area contributed by atoms with E-state index in [1.165, 1.54) is 0 Å². The Morgan fingerprint density at radius 1 is 1.33 bits per heavy atom. The number of nitrogens with zero attached hydrogens (tertiary/aromatic N) is 1. The van der Waals surface area contributed by atoms with Crippen molar-refractivity contribution in [2.45, 2.75) is 30.7 Å². The van der Waals surface area contributed by atoms with Crippen LogP contribution in [0.5, 0.6) is 0 Å². The summed E-state index contributed by atoms with van der Waals surface area (Å²) in [4.78, 5) is 2.66. The van der Waals surface area contributed by atoms with Crippen LogP contribution in [0.4, 0.5) is 5.69 Å². The van der Waals surface area contributed by atoms with Gasteiger partial charge in [0, 0.05) is 24.2 Å². The van der Waals surface area contributed by atoms with Gasteiger partial charge in [0.25, 0.3) is 0 Å². The van der Waals surface area contributed by atoms with Crippen molar-refractivity contribution < 1.29 is 8.42 Å². The molecule has 18 heavy (non-hydrogen) atoms. The first-order valence-electron chi connectivity index (χ1n) is 6.24. The summed E-state index contributed by atoms with van der Waals surface area (Å²) in [5, 5.41) is 0. The van der Waals surface area contributed by atoms with E-state index < -0.39 is 9.84 Å². The third-order valence-corrected chi connectivity index (χ3v) is 5.57. The molecule has 1 aromatic rings. The zero-order valence-corrected chi connectivity index (χ0v) is 12.0. The number of halogens is 1. The molecule has 0 N–H and O–H groups in total. The van der Waals surface area contributed by atoms with E-state index in [-0.39, 0.29) is 5.75 Å². The number of alkyl halides is 1. The summed E-state index contributed by atoms with van der Waals surface area (Å²) in [5.74, 6) is 0.759. The highest BCUT2D eigenvalue weighted by molar-refractivity contribution is 7.91. The number of anilines is 1. The highest BCUT2D eigenvalue weighted by atomic mass is 35.5. The molecule has 5 heteroatoms. The van der Waals surface area contributed by atoms with Gasteiger partial charge in [-0.1, -0.05) is 6.92 Å². The fraction of sp³-hybridized carbons (Fsp3) is 0.538. The average Bonchev–Trinajstić information content (AvgIpc) is 2.87. The normalized spacial score (nSPS) is 20.3. The summed E-state index contributed by atoms with van der Waals surface area (Å²) in [6.07, 6.45) is 2.25. The maximum atomic E-state index is 11.7. The summed E-state index contributed by atoms with van der Waals surface area (Å²) >= 11 is 5.94. The lowest BCUT2D eigenvalue weighted by Crippen LogP contribution is -2.30. The fourth-order valence-electron chi connectivity index (χ4n) is 2.35. The van der Waals surface area contributed by atoms with Crippen LogP contribution < -0.4 is 4.90 Å². The van der Waals surface area contributed by atoms with Crippen molar-refractivity contribution in [2.75, 3.05) is 23.1 Å². The number of benzene rings is 1. The monoisotopic (exact) mass is 287 g/mol. The van der Waals surface area contributed by atoms with Crippen molar-refractivity contribution >= 4 is 27.1 Å². The minimum atomic E-state index is -3.10. The molecule has 1 aliphatic heterocycles. The van der Waals surface area contributed by atoms with Gasteiger partial charge in [-0.25, -0.2) is 8.42 Å². The maximum absolute atomic E-state index is 11.7. The van der Waals surface area contributed by atoms with E-state index in [0.29, 0.717) is 16.8 Å². The predicted molar refractivity (Wildman–Crippen MR) is 75.3 cm³/mol. The molecular formula is C13H18ClNO2S. The Bertz CT molecular complexity index is 498. The largest absolute Gasteiger partial charge is 0.367 e. The van der Waals surface area contributed by atoms with E-state index in [1.54, 1.807) is 19.1 Å². The summed E-state index contributed by atoms with van der Waals surface area (Å²) in [5.41, 5.74) is 1.06. The summed E-state index contributed by atoms with van der Waals surface area (Å²) < 4.78 is 23.4. The van der Waals surface area contributed by atoms with Crippen LogP contribution in [-0.4, -0.2) is 32.6 Å². The van der Waals surface area contributed by atoms with Crippen LogP contribution in [0.2, 0.25) is 0 Å². The fourth-order valence-corrected chi connectivity index (χ4v) is 3.55. The van der Waals surface area contributed by atoms with Crippen LogP contribution in [0.1, 0.15) is 19.8 Å². The molecule has 1 saturated heterocycles. The van der Waals surface area contributed by atoms with Gasteiger partial charge in [-0.15, -0.1) is 11.6 Å². The van der Waals surface area contributed by atoms with Gasteiger partial charge in [0.15, 0.2) is 9.84 Å². The standard InChI is InChI=1S/C13H18ClNO2S/c1-2-18(16,17)13-7-5-11(6-8-13)15-9-3-4-12(15)10-14/h5-8,12H,2-4,9-10H2,1H3. The molecule has 1 fully saturated rings. The molecule has 2 rings (SSSR count). The molecular weight excluding hydrogens is 270 g/mol. The molecule has 0 spiro atoms. The van der Waals surface area contributed by atoms with Gasteiger partial charge < -0.3 is 4.90 Å². The molecule has 0 bridgehead atoms. The van der Waals surface area contributed by atoms with Crippen molar-refractivity contribution in [3.8, 4) is 0 Å². The molecule has 1 heterocycles. The van der Waals surface area contributed by atoms with Gasteiger partial charge in [0.05, 0.1) is 10.6 Å². The van der Waals surface area contributed by atoms with Gasteiger partial charge in [-0.3, -0.25) is 0 Å². The highest BCUT2D eigenvalue weighted by Crippen LogP contribution is 2.27. The topological polar surface area (TPSA) is 37.4 Å². The van der Waals surface area contributed by atoms with Gasteiger partial charge in [0.1, 0.15) is 0 Å². The number of rotatable bonds is 4. The Hall–Kier alpha value is -0.740. The van der Waals surface area contributed by atoms with Crippen LogP contribution in [0, 0.1) is 0 Å². The Morgan fingerprint density at radius 3 is 2.56 bits per heavy atom. The van der Waals surface area contributed by atoms with E-state index in [1.807, 2.05) is 12.1 Å². The van der Waals surface area contributed by atoms with E-state index in [2.05, 4.69) is 4.90 Å². The van der Waals surface area contributed by atoms with E-state index >= 15 is 0 Å². The molecule has 0 saturated carbocycles. The Balaban J connectivity index is 2.23. The molecule has 3 nitrogen and oxygen atoms in total. The predicted octanol–water partition coefficient (Wildman–Crippen LogP) is 2.69. The molecule has 1 aromatic carbocycles. The zero-order valence-electron chi connectivity index (χ0n) is 10.5. The zero-order chi connectivity index (χ0) is 13.2. The second kappa shape index (κ2) is 5.49. The molecule has 0 amide bonds. The Morgan fingerprint density at radius 2 is 2.00 bits per heavy atom. The van der Waals surface area contributed by atoms with Gasteiger partial charge >= 0.3 is 0 Å². The van der Waals surface area contributed by atoms with Crippen LogP contribution >= 0.6 is 11.6 Å². The third-order valence-electron chi connectivity index (χ3n) is 3.46. The molecule has 0 aliphatic carbocycles. The molecule has 100 valence electrons. The van der Waals surface area contributed by atoms with Crippen LogP contribution in [0.3, 0.4) is 0 Å². The first-order valence-corrected chi connectivity index (χ1v) is 8.42. The third kappa shape index (κ3) is 2.64. The summed E-state index contributed by atoms with van der Waals surface area (Å²) in [6, 6.07) is 7.52. The Kier molecular flexibility index (Phi) is 4.17. The van der Waals surface area contributed by atoms with E-state index in [0.717, 1.165) is 25.1 Å². The minimum absolute atomic E-state index is 0.139. The van der Waals surface area contributed by atoms with Crippen LogP contribution in [0.25, 0.3) is 0 Å². The first-order chi connectivity index (χ1) is 8.58. The number of sulfone groups is 1. The maximum Gasteiger partial charge on any atom is 0.178 e. The smallest absolute Gasteiger partial charge is 0.178 e. The van der Waals surface area contributed by atoms with Crippen molar-refractivity contribution in [2.24, 2.45) is 0 Å². The SMILES string of the molecule is CCS(=O)(=O)c1ccc(N2CCCC2CCl)cc1. The van der Waals surface area contributed by atoms with Crippen molar-refractivity contribution in [3.05, 3.63) is 24.3 Å².